The summed E-state index contributed by atoms with van der Waals surface area (Å²) in [6, 6.07) is 1.61. The monoisotopic (exact) mass is 210 g/mol. The standard InChI is InChI=1S/C13H26N2/c1-3-8-14-13-7-9-15(10-13)11(2)12-5-4-6-12/h11-14H,3-10H2,1-2H3. The van der Waals surface area contributed by atoms with Crippen LogP contribution in [0.15, 0.2) is 0 Å². The molecule has 0 amide bonds. The molecule has 0 aromatic heterocycles. The van der Waals surface area contributed by atoms with Crippen molar-refractivity contribution in [2.24, 2.45) is 5.92 Å². The van der Waals surface area contributed by atoms with Crippen molar-refractivity contribution in [3.63, 3.8) is 0 Å². The molecule has 2 nitrogen and oxygen atoms in total. The minimum Gasteiger partial charge on any atom is -0.313 e. The summed E-state index contributed by atoms with van der Waals surface area (Å²) in [6.45, 7) is 8.48. The lowest BCUT2D eigenvalue weighted by Crippen LogP contribution is -2.41. The zero-order chi connectivity index (χ0) is 10.7. The van der Waals surface area contributed by atoms with Gasteiger partial charge >= 0.3 is 0 Å². The highest BCUT2D eigenvalue weighted by molar-refractivity contribution is 4.88. The summed E-state index contributed by atoms with van der Waals surface area (Å²) in [5.41, 5.74) is 0. The van der Waals surface area contributed by atoms with E-state index in [1.54, 1.807) is 0 Å². The van der Waals surface area contributed by atoms with Crippen molar-refractivity contribution in [3.8, 4) is 0 Å². The highest BCUT2D eigenvalue weighted by Gasteiger charge is 2.32. The number of nitrogens with zero attached hydrogens (tertiary/aromatic N) is 1. The lowest BCUT2D eigenvalue weighted by Gasteiger charge is -2.37. The van der Waals surface area contributed by atoms with E-state index in [2.05, 4.69) is 24.1 Å². The fraction of sp³-hybridized carbons (Fsp3) is 1.00. The molecular weight excluding hydrogens is 184 g/mol. The largest absolute Gasteiger partial charge is 0.313 e. The fourth-order valence-electron chi connectivity index (χ4n) is 2.89. The summed E-state index contributed by atoms with van der Waals surface area (Å²) in [4.78, 5) is 2.71. The van der Waals surface area contributed by atoms with E-state index in [9.17, 15) is 0 Å². The molecule has 2 fully saturated rings. The van der Waals surface area contributed by atoms with E-state index in [0.29, 0.717) is 0 Å². The maximum absolute atomic E-state index is 3.65. The SMILES string of the molecule is CCCNC1CCN(C(C)C2CCC2)C1. The van der Waals surface area contributed by atoms with E-state index in [4.69, 9.17) is 0 Å². The van der Waals surface area contributed by atoms with Crippen molar-refractivity contribution in [1.29, 1.82) is 0 Å². The Morgan fingerprint density at radius 1 is 1.33 bits per heavy atom. The number of likely N-dealkylation sites (tertiary alicyclic amines) is 1. The van der Waals surface area contributed by atoms with Crippen molar-refractivity contribution in [1.82, 2.24) is 10.2 Å². The van der Waals surface area contributed by atoms with Crippen molar-refractivity contribution >= 4 is 0 Å². The summed E-state index contributed by atoms with van der Waals surface area (Å²) >= 11 is 0. The van der Waals surface area contributed by atoms with E-state index in [0.717, 1.165) is 18.0 Å². The second-order valence-electron chi connectivity index (χ2n) is 5.37. The molecule has 2 aliphatic rings. The molecular formula is C13H26N2. The minimum atomic E-state index is 0.771. The molecule has 1 saturated carbocycles. The highest BCUT2D eigenvalue weighted by Crippen LogP contribution is 2.33. The zero-order valence-corrected chi connectivity index (χ0v) is 10.3. The summed E-state index contributed by atoms with van der Waals surface area (Å²) in [6.07, 6.45) is 7.04. The molecule has 1 aliphatic heterocycles. The maximum Gasteiger partial charge on any atom is 0.0207 e. The van der Waals surface area contributed by atoms with Crippen molar-refractivity contribution in [2.45, 2.75) is 58.0 Å². The van der Waals surface area contributed by atoms with E-state index < -0.39 is 0 Å². The smallest absolute Gasteiger partial charge is 0.0207 e. The molecule has 2 atom stereocenters. The van der Waals surface area contributed by atoms with Crippen LogP contribution in [0.1, 0.15) is 46.0 Å². The van der Waals surface area contributed by atoms with Crippen LogP contribution in [-0.4, -0.2) is 36.6 Å². The topological polar surface area (TPSA) is 15.3 Å². The van der Waals surface area contributed by atoms with Crippen LogP contribution in [0.2, 0.25) is 0 Å². The molecule has 0 bridgehead atoms. The predicted molar refractivity (Wildman–Crippen MR) is 65.1 cm³/mol. The molecule has 0 radical (unpaired) electrons. The molecule has 2 rings (SSSR count). The van der Waals surface area contributed by atoms with Crippen molar-refractivity contribution in [2.75, 3.05) is 19.6 Å². The molecule has 2 heteroatoms. The van der Waals surface area contributed by atoms with Crippen molar-refractivity contribution < 1.29 is 0 Å². The summed E-state index contributed by atoms with van der Waals surface area (Å²) in [5.74, 6) is 1.01. The van der Waals surface area contributed by atoms with Crippen LogP contribution in [0, 0.1) is 5.92 Å². The molecule has 1 N–H and O–H groups in total. The molecule has 1 saturated heterocycles. The summed E-state index contributed by atoms with van der Waals surface area (Å²) in [5, 5.41) is 3.65. The first kappa shape index (κ1) is 11.4. The van der Waals surface area contributed by atoms with E-state index in [1.165, 1.54) is 51.7 Å². The van der Waals surface area contributed by atoms with Gasteiger partial charge in [-0.1, -0.05) is 13.3 Å². The molecule has 15 heavy (non-hydrogen) atoms. The van der Waals surface area contributed by atoms with Gasteiger partial charge in [-0.05, 0) is 45.1 Å². The van der Waals surface area contributed by atoms with Crippen LogP contribution in [0.3, 0.4) is 0 Å². The lowest BCUT2D eigenvalue weighted by molar-refractivity contribution is 0.129. The Hall–Kier alpha value is -0.0800. The van der Waals surface area contributed by atoms with Crippen LogP contribution in [0.25, 0.3) is 0 Å². The Labute approximate surface area is 94.4 Å². The van der Waals surface area contributed by atoms with Gasteiger partial charge in [-0.3, -0.25) is 4.90 Å². The van der Waals surface area contributed by atoms with Gasteiger partial charge in [-0.2, -0.15) is 0 Å². The first-order valence-corrected chi connectivity index (χ1v) is 6.78. The van der Waals surface area contributed by atoms with Crippen molar-refractivity contribution in [3.05, 3.63) is 0 Å². The molecule has 0 spiro atoms. The average molecular weight is 210 g/mol. The maximum atomic E-state index is 3.65. The quantitative estimate of drug-likeness (QED) is 0.749. The van der Waals surface area contributed by atoms with Gasteiger partial charge in [-0.25, -0.2) is 0 Å². The molecule has 0 aromatic rings. The summed E-state index contributed by atoms with van der Waals surface area (Å²) < 4.78 is 0. The first-order chi connectivity index (χ1) is 7.31. The van der Waals surface area contributed by atoms with Crippen LogP contribution < -0.4 is 5.32 Å². The molecule has 0 aromatic carbocycles. The number of hydrogen-bond acceptors (Lipinski definition) is 2. The Kier molecular flexibility index (Phi) is 4.04. The molecule has 1 heterocycles. The number of hydrogen-bond donors (Lipinski definition) is 1. The van der Waals surface area contributed by atoms with Crippen LogP contribution >= 0.6 is 0 Å². The summed E-state index contributed by atoms with van der Waals surface area (Å²) in [7, 11) is 0. The van der Waals surface area contributed by atoms with E-state index in [-0.39, 0.29) is 0 Å². The van der Waals surface area contributed by atoms with Gasteiger partial charge in [0.15, 0.2) is 0 Å². The average Bonchev–Trinajstić information content (AvgIpc) is 2.60. The van der Waals surface area contributed by atoms with Gasteiger partial charge in [0.05, 0.1) is 0 Å². The normalized spacial score (nSPS) is 30.4. The lowest BCUT2D eigenvalue weighted by atomic mass is 9.80. The highest BCUT2D eigenvalue weighted by atomic mass is 15.2. The Morgan fingerprint density at radius 2 is 2.13 bits per heavy atom. The molecule has 88 valence electrons. The van der Waals surface area contributed by atoms with Gasteiger partial charge in [-0.15, -0.1) is 0 Å². The van der Waals surface area contributed by atoms with E-state index in [1.807, 2.05) is 0 Å². The van der Waals surface area contributed by atoms with Gasteiger partial charge in [0.2, 0.25) is 0 Å². The first-order valence-electron chi connectivity index (χ1n) is 6.78. The molecule has 1 aliphatic carbocycles. The third-order valence-electron chi connectivity index (χ3n) is 4.31. The Bertz CT molecular complexity index is 189. The molecule has 2 unspecified atom stereocenters. The zero-order valence-electron chi connectivity index (χ0n) is 10.3. The van der Waals surface area contributed by atoms with Crippen LogP contribution in [0.4, 0.5) is 0 Å². The van der Waals surface area contributed by atoms with Gasteiger partial charge < -0.3 is 5.32 Å². The Balaban J connectivity index is 1.71. The Morgan fingerprint density at radius 3 is 2.73 bits per heavy atom. The second kappa shape index (κ2) is 5.31. The second-order valence-corrected chi connectivity index (χ2v) is 5.37. The number of nitrogens with one attached hydrogen (secondary N) is 1. The van der Waals surface area contributed by atoms with Gasteiger partial charge in [0.25, 0.3) is 0 Å². The third-order valence-corrected chi connectivity index (χ3v) is 4.31. The predicted octanol–water partition coefficient (Wildman–Crippen LogP) is 2.25. The van der Waals surface area contributed by atoms with Crippen LogP contribution in [0.5, 0.6) is 0 Å². The van der Waals surface area contributed by atoms with E-state index >= 15 is 0 Å². The van der Waals surface area contributed by atoms with Crippen LogP contribution in [-0.2, 0) is 0 Å². The minimum absolute atomic E-state index is 0.771. The number of rotatable bonds is 5. The fourth-order valence-corrected chi connectivity index (χ4v) is 2.89. The van der Waals surface area contributed by atoms with Gasteiger partial charge in [0, 0.05) is 25.2 Å². The van der Waals surface area contributed by atoms with Gasteiger partial charge in [0.1, 0.15) is 0 Å². The third kappa shape index (κ3) is 2.73.